The number of sulfone groups is 1. The van der Waals surface area contributed by atoms with E-state index in [1.807, 2.05) is 14.0 Å². The Balaban J connectivity index is 2.45. The van der Waals surface area contributed by atoms with Gasteiger partial charge in [-0.05, 0) is 26.0 Å². The van der Waals surface area contributed by atoms with Crippen LogP contribution >= 0.6 is 0 Å². The molecule has 5 nitrogen and oxygen atoms in total. The SMILES string of the molecule is CNCc1nc(C)c2c(n1)CS(=O)(=O)CC2. The summed E-state index contributed by atoms with van der Waals surface area (Å²) >= 11 is 0. The summed E-state index contributed by atoms with van der Waals surface area (Å²) in [4.78, 5) is 8.66. The molecule has 0 saturated heterocycles. The Morgan fingerprint density at radius 3 is 2.81 bits per heavy atom. The molecule has 1 aromatic rings. The van der Waals surface area contributed by atoms with Crippen LogP contribution in [-0.2, 0) is 28.6 Å². The summed E-state index contributed by atoms with van der Waals surface area (Å²) < 4.78 is 23.0. The lowest BCUT2D eigenvalue weighted by Crippen LogP contribution is -2.23. The fourth-order valence-electron chi connectivity index (χ4n) is 1.94. The number of nitrogens with zero attached hydrogens (tertiary/aromatic N) is 2. The number of aromatic nitrogens is 2. The maximum atomic E-state index is 11.5. The Morgan fingerprint density at radius 1 is 1.38 bits per heavy atom. The molecule has 0 saturated carbocycles. The average molecular weight is 241 g/mol. The predicted molar refractivity (Wildman–Crippen MR) is 60.7 cm³/mol. The van der Waals surface area contributed by atoms with Crippen molar-refractivity contribution in [2.24, 2.45) is 0 Å². The van der Waals surface area contributed by atoms with E-state index >= 15 is 0 Å². The minimum Gasteiger partial charge on any atom is -0.313 e. The van der Waals surface area contributed by atoms with Crippen molar-refractivity contribution in [2.75, 3.05) is 12.8 Å². The molecule has 0 bridgehead atoms. The van der Waals surface area contributed by atoms with Gasteiger partial charge in [0.15, 0.2) is 9.84 Å². The molecule has 0 spiro atoms. The van der Waals surface area contributed by atoms with Gasteiger partial charge in [0.25, 0.3) is 0 Å². The Labute approximate surface area is 95.2 Å². The predicted octanol–water partition coefficient (Wildman–Crippen LogP) is -0.0247. The van der Waals surface area contributed by atoms with Crippen LogP contribution in [0.4, 0.5) is 0 Å². The molecule has 1 aliphatic heterocycles. The van der Waals surface area contributed by atoms with E-state index in [1.165, 1.54) is 0 Å². The fourth-order valence-corrected chi connectivity index (χ4v) is 3.25. The van der Waals surface area contributed by atoms with Crippen molar-refractivity contribution in [2.45, 2.75) is 25.6 Å². The Morgan fingerprint density at radius 2 is 2.12 bits per heavy atom. The molecule has 0 aliphatic carbocycles. The third-order valence-corrected chi connectivity index (χ3v) is 4.24. The molecular formula is C10H15N3O2S. The van der Waals surface area contributed by atoms with Gasteiger partial charge in [-0.25, -0.2) is 18.4 Å². The second-order valence-electron chi connectivity index (χ2n) is 4.02. The molecule has 16 heavy (non-hydrogen) atoms. The molecule has 0 fully saturated rings. The Hall–Kier alpha value is -1.01. The summed E-state index contributed by atoms with van der Waals surface area (Å²) in [7, 11) is -1.14. The average Bonchev–Trinajstić information content (AvgIpc) is 2.15. The Kier molecular flexibility index (Phi) is 2.94. The quantitative estimate of drug-likeness (QED) is 0.787. The van der Waals surface area contributed by atoms with Crippen LogP contribution in [0.2, 0.25) is 0 Å². The van der Waals surface area contributed by atoms with Gasteiger partial charge in [0.1, 0.15) is 5.82 Å². The smallest absolute Gasteiger partial charge is 0.156 e. The lowest BCUT2D eigenvalue weighted by atomic mass is 10.1. The largest absolute Gasteiger partial charge is 0.313 e. The molecule has 0 unspecified atom stereocenters. The van der Waals surface area contributed by atoms with Gasteiger partial charge in [-0.1, -0.05) is 0 Å². The molecule has 88 valence electrons. The van der Waals surface area contributed by atoms with Crippen LogP contribution in [0.15, 0.2) is 0 Å². The van der Waals surface area contributed by atoms with Crippen LogP contribution in [0, 0.1) is 6.92 Å². The van der Waals surface area contributed by atoms with Gasteiger partial charge < -0.3 is 5.32 Å². The van der Waals surface area contributed by atoms with Gasteiger partial charge >= 0.3 is 0 Å². The number of fused-ring (bicyclic) bond motifs is 1. The molecule has 2 heterocycles. The molecule has 0 atom stereocenters. The zero-order valence-electron chi connectivity index (χ0n) is 9.45. The zero-order chi connectivity index (χ0) is 11.8. The van der Waals surface area contributed by atoms with E-state index in [9.17, 15) is 8.42 Å². The van der Waals surface area contributed by atoms with Gasteiger partial charge in [-0.15, -0.1) is 0 Å². The molecule has 0 aromatic carbocycles. The fraction of sp³-hybridized carbons (Fsp3) is 0.600. The van der Waals surface area contributed by atoms with E-state index in [0.29, 0.717) is 24.5 Å². The van der Waals surface area contributed by atoms with Crippen molar-refractivity contribution < 1.29 is 8.42 Å². The maximum absolute atomic E-state index is 11.5. The first kappa shape index (κ1) is 11.5. The van der Waals surface area contributed by atoms with Gasteiger partial charge in [0.05, 0.1) is 23.7 Å². The summed E-state index contributed by atoms with van der Waals surface area (Å²) in [5, 5.41) is 2.96. The highest BCUT2D eigenvalue weighted by Gasteiger charge is 2.24. The monoisotopic (exact) mass is 241 g/mol. The summed E-state index contributed by atoms with van der Waals surface area (Å²) in [6.45, 7) is 2.48. The van der Waals surface area contributed by atoms with E-state index in [1.54, 1.807) is 0 Å². The van der Waals surface area contributed by atoms with Crippen LogP contribution < -0.4 is 5.32 Å². The zero-order valence-corrected chi connectivity index (χ0v) is 10.3. The van der Waals surface area contributed by atoms with Crippen molar-refractivity contribution in [3.8, 4) is 0 Å². The third kappa shape index (κ3) is 2.22. The first-order valence-corrected chi connectivity index (χ1v) is 7.04. The summed E-state index contributed by atoms with van der Waals surface area (Å²) in [5.41, 5.74) is 2.60. The number of nitrogens with one attached hydrogen (secondary N) is 1. The third-order valence-electron chi connectivity index (χ3n) is 2.70. The van der Waals surface area contributed by atoms with E-state index in [0.717, 1.165) is 11.3 Å². The van der Waals surface area contributed by atoms with Gasteiger partial charge in [-0.3, -0.25) is 0 Å². The molecular weight excluding hydrogens is 226 g/mol. The first-order valence-electron chi connectivity index (χ1n) is 5.22. The normalized spacial score (nSPS) is 18.1. The second kappa shape index (κ2) is 4.10. The molecule has 1 N–H and O–H groups in total. The van der Waals surface area contributed by atoms with E-state index in [2.05, 4.69) is 15.3 Å². The van der Waals surface area contributed by atoms with Crippen LogP contribution in [0.5, 0.6) is 0 Å². The summed E-state index contributed by atoms with van der Waals surface area (Å²) in [6.07, 6.45) is 0.545. The van der Waals surface area contributed by atoms with Crippen molar-refractivity contribution in [3.05, 3.63) is 22.8 Å². The molecule has 1 aliphatic rings. The maximum Gasteiger partial charge on any atom is 0.156 e. The van der Waals surface area contributed by atoms with Crippen molar-refractivity contribution in [1.29, 1.82) is 0 Å². The molecule has 6 heteroatoms. The Bertz CT molecular complexity index is 511. The van der Waals surface area contributed by atoms with Crippen LogP contribution in [0.1, 0.15) is 22.8 Å². The summed E-state index contributed by atoms with van der Waals surface area (Å²) in [6, 6.07) is 0. The molecule has 2 rings (SSSR count). The highest BCUT2D eigenvalue weighted by molar-refractivity contribution is 7.90. The number of rotatable bonds is 2. The van der Waals surface area contributed by atoms with Crippen molar-refractivity contribution in [1.82, 2.24) is 15.3 Å². The minimum atomic E-state index is -2.96. The highest BCUT2D eigenvalue weighted by Crippen LogP contribution is 2.21. The number of hydrogen-bond donors (Lipinski definition) is 1. The van der Waals surface area contributed by atoms with E-state index < -0.39 is 9.84 Å². The lowest BCUT2D eigenvalue weighted by molar-refractivity contribution is 0.589. The highest BCUT2D eigenvalue weighted by atomic mass is 32.2. The van der Waals surface area contributed by atoms with Gasteiger partial charge in [0, 0.05) is 5.69 Å². The number of aryl methyl sites for hydroxylation is 1. The second-order valence-corrected chi connectivity index (χ2v) is 6.21. The summed E-state index contributed by atoms with van der Waals surface area (Å²) in [5.74, 6) is 0.939. The van der Waals surface area contributed by atoms with Crippen LogP contribution in [0.3, 0.4) is 0 Å². The van der Waals surface area contributed by atoms with Crippen LogP contribution in [0.25, 0.3) is 0 Å². The number of hydrogen-bond acceptors (Lipinski definition) is 5. The van der Waals surface area contributed by atoms with Gasteiger partial charge in [0.2, 0.25) is 0 Å². The topological polar surface area (TPSA) is 72.0 Å². The van der Waals surface area contributed by atoms with Gasteiger partial charge in [-0.2, -0.15) is 0 Å². The van der Waals surface area contributed by atoms with Crippen molar-refractivity contribution >= 4 is 9.84 Å². The van der Waals surface area contributed by atoms with Crippen LogP contribution in [-0.4, -0.2) is 31.2 Å². The lowest BCUT2D eigenvalue weighted by Gasteiger charge is -2.17. The van der Waals surface area contributed by atoms with E-state index in [4.69, 9.17) is 0 Å². The molecule has 0 radical (unpaired) electrons. The minimum absolute atomic E-state index is 0.0579. The molecule has 1 aromatic heterocycles. The first-order chi connectivity index (χ1) is 7.52. The standard InChI is InChI=1S/C10H15N3O2S/c1-7-8-3-4-16(14,15)6-9(8)13-10(12-7)5-11-2/h11H,3-6H2,1-2H3. The molecule has 0 amide bonds. The van der Waals surface area contributed by atoms with E-state index in [-0.39, 0.29) is 11.5 Å². The van der Waals surface area contributed by atoms with Crippen molar-refractivity contribution in [3.63, 3.8) is 0 Å².